The number of hydrogen-bond donors (Lipinski definition) is 1. The third-order valence-corrected chi connectivity index (χ3v) is 6.43. The molecule has 0 radical (unpaired) electrons. The first-order chi connectivity index (χ1) is 12.2. The summed E-state index contributed by atoms with van der Waals surface area (Å²) in [5.74, 6) is -0.0128. The van der Waals surface area contributed by atoms with Crippen molar-refractivity contribution in [3.8, 4) is 11.3 Å². The van der Waals surface area contributed by atoms with Crippen molar-refractivity contribution in [2.75, 3.05) is 25.9 Å². The van der Waals surface area contributed by atoms with Crippen molar-refractivity contribution in [2.24, 2.45) is 0 Å². The molecule has 1 N–H and O–H groups in total. The molecule has 1 aromatic carbocycles. The number of likely N-dealkylation sites (tertiary alicyclic amines) is 1. The van der Waals surface area contributed by atoms with Crippen molar-refractivity contribution in [3.63, 3.8) is 0 Å². The summed E-state index contributed by atoms with van der Waals surface area (Å²) in [7, 11) is 0. The van der Waals surface area contributed by atoms with E-state index in [0.717, 1.165) is 35.2 Å². The average molecular weight is 376 g/mol. The largest absolute Gasteiger partial charge is 0.348 e. The van der Waals surface area contributed by atoms with Crippen molar-refractivity contribution in [1.29, 1.82) is 0 Å². The predicted molar refractivity (Wildman–Crippen MR) is 107 cm³/mol. The zero-order chi connectivity index (χ0) is 17.6. The van der Waals surface area contributed by atoms with Gasteiger partial charge in [-0.05, 0) is 39.1 Å². The lowest BCUT2D eigenvalue weighted by molar-refractivity contribution is 0.0930. The van der Waals surface area contributed by atoms with E-state index >= 15 is 0 Å². The Hall–Kier alpha value is -1.37. The lowest BCUT2D eigenvalue weighted by Gasteiger charge is -2.29. The second kappa shape index (κ2) is 8.83. The second-order valence-electron chi connectivity index (χ2n) is 6.46. The van der Waals surface area contributed by atoms with Gasteiger partial charge in [-0.25, -0.2) is 4.98 Å². The van der Waals surface area contributed by atoms with Gasteiger partial charge in [0.1, 0.15) is 4.88 Å². The van der Waals surface area contributed by atoms with Crippen LogP contribution in [0.4, 0.5) is 0 Å². The van der Waals surface area contributed by atoms with Gasteiger partial charge in [0, 0.05) is 18.2 Å². The van der Waals surface area contributed by atoms with Gasteiger partial charge in [0.25, 0.3) is 5.91 Å². The summed E-state index contributed by atoms with van der Waals surface area (Å²) >= 11 is 3.06. The number of nitrogens with one attached hydrogen (secondary N) is 1. The number of hydrogen-bond acceptors (Lipinski definition) is 5. The fourth-order valence-corrected chi connectivity index (χ4v) is 4.69. The van der Waals surface area contributed by atoms with E-state index in [9.17, 15) is 4.79 Å². The van der Waals surface area contributed by atoms with Crippen LogP contribution in [0.1, 0.15) is 35.9 Å². The topological polar surface area (TPSA) is 45.2 Å². The van der Waals surface area contributed by atoms with Crippen LogP contribution in [-0.4, -0.2) is 47.7 Å². The predicted octanol–water partition coefficient (Wildman–Crippen LogP) is 4.14. The molecule has 3 rings (SSSR count). The molecule has 4 nitrogen and oxygen atoms in total. The smallest absolute Gasteiger partial charge is 0.263 e. The van der Waals surface area contributed by atoms with Gasteiger partial charge in [-0.3, -0.25) is 4.79 Å². The molecule has 0 aliphatic carbocycles. The number of aromatic nitrogens is 1. The molecule has 1 aliphatic heterocycles. The zero-order valence-corrected chi connectivity index (χ0v) is 16.5. The number of carbonyl (C=O) groups is 1. The Labute approximate surface area is 158 Å². The normalized spacial score (nSPS) is 16.6. The average Bonchev–Trinajstić information content (AvgIpc) is 3.08. The molecule has 2 aromatic rings. The maximum Gasteiger partial charge on any atom is 0.263 e. The summed E-state index contributed by atoms with van der Waals surface area (Å²) in [5, 5.41) is 3.17. The first-order valence-electron chi connectivity index (χ1n) is 8.81. The number of thiazole rings is 1. The molecule has 0 bridgehead atoms. The van der Waals surface area contributed by atoms with Crippen molar-refractivity contribution in [1.82, 2.24) is 15.2 Å². The number of piperidine rings is 1. The van der Waals surface area contributed by atoms with Crippen LogP contribution in [-0.2, 0) is 0 Å². The van der Waals surface area contributed by atoms with Crippen LogP contribution in [0.5, 0.6) is 0 Å². The fourth-order valence-electron chi connectivity index (χ4n) is 3.20. The molecule has 1 saturated heterocycles. The molecule has 6 heteroatoms. The van der Waals surface area contributed by atoms with Gasteiger partial charge in [-0.2, -0.15) is 0 Å². The first kappa shape index (κ1) is 18.4. The molecule has 1 aliphatic rings. The Morgan fingerprint density at radius 1 is 1.28 bits per heavy atom. The molecule has 1 aromatic heterocycles. The molecule has 1 fully saturated rings. The van der Waals surface area contributed by atoms with Crippen LogP contribution in [0, 0.1) is 0 Å². The summed E-state index contributed by atoms with van der Waals surface area (Å²) < 4.78 is 0.924. The van der Waals surface area contributed by atoms with Crippen LogP contribution in [0.25, 0.3) is 11.3 Å². The van der Waals surface area contributed by atoms with Crippen LogP contribution in [0.15, 0.2) is 34.7 Å². The Kier molecular flexibility index (Phi) is 6.51. The highest BCUT2D eigenvalue weighted by molar-refractivity contribution is 8.00. The molecule has 1 atom stereocenters. The monoisotopic (exact) mass is 375 g/mol. The summed E-state index contributed by atoms with van der Waals surface area (Å²) in [6.07, 6.45) is 5.86. The van der Waals surface area contributed by atoms with E-state index in [1.165, 1.54) is 30.6 Å². The van der Waals surface area contributed by atoms with Crippen LogP contribution in [0.3, 0.4) is 0 Å². The van der Waals surface area contributed by atoms with Crippen LogP contribution in [0.2, 0.25) is 0 Å². The molecular weight excluding hydrogens is 350 g/mol. The summed E-state index contributed by atoms with van der Waals surface area (Å²) in [4.78, 5) is 20.7. The van der Waals surface area contributed by atoms with Gasteiger partial charge in [0.2, 0.25) is 0 Å². The quantitative estimate of drug-likeness (QED) is 0.771. The molecule has 134 valence electrons. The summed E-state index contributed by atoms with van der Waals surface area (Å²) in [5.41, 5.74) is 1.78. The maximum absolute atomic E-state index is 12.9. The van der Waals surface area contributed by atoms with Crippen molar-refractivity contribution in [3.05, 3.63) is 35.2 Å². The Bertz CT molecular complexity index is 696. The van der Waals surface area contributed by atoms with Crippen molar-refractivity contribution in [2.45, 2.75) is 36.6 Å². The lowest BCUT2D eigenvalue weighted by atomic mass is 10.1. The van der Waals surface area contributed by atoms with Crippen molar-refractivity contribution >= 4 is 29.0 Å². The summed E-state index contributed by atoms with van der Waals surface area (Å²) in [6.45, 7) is 5.30. The number of amides is 1. The van der Waals surface area contributed by atoms with Crippen LogP contribution < -0.4 is 5.32 Å². The van der Waals surface area contributed by atoms with Crippen molar-refractivity contribution < 1.29 is 4.79 Å². The molecule has 25 heavy (non-hydrogen) atoms. The minimum atomic E-state index is -0.0128. The van der Waals surface area contributed by atoms with Gasteiger partial charge < -0.3 is 10.2 Å². The molecule has 0 saturated carbocycles. The molecule has 0 unspecified atom stereocenters. The number of nitrogens with zero attached hydrogens (tertiary/aromatic N) is 2. The maximum atomic E-state index is 12.9. The summed E-state index contributed by atoms with van der Waals surface area (Å²) in [6, 6.07) is 10.1. The van der Waals surface area contributed by atoms with Gasteiger partial charge in [-0.15, -0.1) is 11.3 Å². The number of rotatable bonds is 6. The van der Waals surface area contributed by atoms with E-state index in [1.54, 1.807) is 11.8 Å². The standard InChI is InChI=1S/C19H25N3OS2/c1-14(13-22-11-7-4-8-12-22)20-18(23)17-16(21-19(24-2)25-17)15-9-5-3-6-10-15/h3,5-6,9-10,14H,4,7-8,11-13H2,1-2H3,(H,20,23)/t14-/m1/s1. The highest BCUT2D eigenvalue weighted by Crippen LogP contribution is 2.32. The Morgan fingerprint density at radius 3 is 2.68 bits per heavy atom. The van der Waals surface area contributed by atoms with E-state index in [2.05, 4.69) is 22.1 Å². The SMILES string of the molecule is CSc1nc(-c2ccccc2)c(C(=O)N[C@H](C)CN2CCCCC2)s1. The van der Waals surface area contributed by atoms with Gasteiger partial charge in [-0.1, -0.05) is 48.5 Å². The lowest BCUT2D eigenvalue weighted by Crippen LogP contribution is -2.43. The minimum absolute atomic E-state index is 0.0128. The van der Waals surface area contributed by atoms with E-state index in [0.29, 0.717) is 4.88 Å². The molecule has 2 heterocycles. The van der Waals surface area contributed by atoms with E-state index in [4.69, 9.17) is 0 Å². The van der Waals surface area contributed by atoms with Gasteiger partial charge in [0.15, 0.2) is 4.34 Å². The van der Waals surface area contributed by atoms with E-state index in [1.807, 2.05) is 36.6 Å². The Morgan fingerprint density at radius 2 is 2.00 bits per heavy atom. The zero-order valence-electron chi connectivity index (χ0n) is 14.8. The van der Waals surface area contributed by atoms with Gasteiger partial charge in [0.05, 0.1) is 5.69 Å². The second-order valence-corrected chi connectivity index (χ2v) is 8.52. The Balaban J connectivity index is 1.71. The highest BCUT2D eigenvalue weighted by Gasteiger charge is 2.21. The first-order valence-corrected chi connectivity index (χ1v) is 10.8. The highest BCUT2D eigenvalue weighted by atomic mass is 32.2. The number of benzene rings is 1. The third kappa shape index (κ3) is 4.84. The number of thioether (sulfide) groups is 1. The van der Waals surface area contributed by atoms with E-state index < -0.39 is 0 Å². The molecule has 0 spiro atoms. The fraction of sp³-hybridized carbons (Fsp3) is 0.474. The van der Waals surface area contributed by atoms with E-state index in [-0.39, 0.29) is 11.9 Å². The van der Waals surface area contributed by atoms with Gasteiger partial charge >= 0.3 is 0 Å². The number of carbonyl (C=O) groups excluding carboxylic acids is 1. The molecular formula is C19H25N3OS2. The third-order valence-electron chi connectivity index (χ3n) is 4.39. The van der Waals surface area contributed by atoms with Crippen LogP contribution >= 0.6 is 23.1 Å². The molecule has 1 amide bonds. The minimum Gasteiger partial charge on any atom is -0.348 e.